The van der Waals surface area contributed by atoms with Crippen LogP contribution in [0.2, 0.25) is 10.0 Å². The molecule has 0 aliphatic heterocycles. The van der Waals surface area contributed by atoms with Crippen LogP contribution in [0, 0.1) is 5.92 Å². The first-order valence-electron chi connectivity index (χ1n) is 5.44. The second kappa shape index (κ2) is 5.70. The number of hydrogen-bond donors (Lipinski definition) is 0. The predicted octanol–water partition coefficient (Wildman–Crippen LogP) is 4.71. The Morgan fingerprint density at radius 3 is 2.06 bits per heavy atom. The molecule has 0 saturated heterocycles. The summed E-state index contributed by atoms with van der Waals surface area (Å²) in [5.41, 5.74) is 0.916. The van der Waals surface area contributed by atoms with Gasteiger partial charge < -0.3 is 0 Å². The SMILES string of the molecule is CCC(=O)C(c1cc(Cl)cc(Cl)c1)C(C)C. The molecule has 0 aromatic heterocycles. The fourth-order valence-electron chi connectivity index (χ4n) is 1.92. The Balaban J connectivity index is 3.15. The lowest BCUT2D eigenvalue weighted by Gasteiger charge is -2.20. The summed E-state index contributed by atoms with van der Waals surface area (Å²) in [6.45, 7) is 5.95. The van der Waals surface area contributed by atoms with E-state index in [9.17, 15) is 4.79 Å². The van der Waals surface area contributed by atoms with Gasteiger partial charge in [-0.15, -0.1) is 0 Å². The predicted molar refractivity (Wildman–Crippen MR) is 69.3 cm³/mol. The van der Waals surface area contributed by atoms with Crippen LogP contribution in [-0.2, 0) is 4.79 Å². The molecule has 1 rings (SSSR count). The number of halogens is 2. The van der Waals surface area contributed by atoms with Gasteiger partial charge >= 0.3 is 0 Å². The maximum Gasteiger partial charge on any atom is 0.140 e. The van der Waals surface area contributed by atoms with Crippen molar-refractivity contribution < 1.29 is 4.79 Å². The average Bonchev–Trinajstić information content (AvgIpc) is 2.15. The van der Waals surface area contributed by atoms with Crippen molar-refractivity contribution in [3.63, 3.8) is 0 Å². The zero-order valence-electron chi connectivity index (χ0n) is 9.76. The van der Waals surface area contributed by atoms with Gasteiger partial charge in [0.25, 0.3) is 0 Å². The van der Waals surface area contributed by atoms with Gasteiger partial charge in [-0.25, -0.2) is 0 Å². The fourth-order valence-corrected chi connectivity index (χ4v) is 2.46. The smallest absolute Gasteiger partial charge is 0.140 e. The van der Waals surface area contributed by atoms with E-state index in [-0.39, 0.29) is 17.6 Å². The first-order chi connectivity index (χ1) is 7.45. The van der Waals surface area contributed by atoms with E-state index in [1.165, 1.54) is 0 Å². The second-order valence-corrected chi connectivity index (χ2v) is 5.12. The van der Waals surface area contributed by atoms with Crippen molar-refractivity contribution in [1.82, 2.24) is 0 Å². The van der Waals surface area contributed by atoms with Crippen LogP contribution in [0.15, 0.2) is 18.2 Å². The molecule has 0 radical (unpaired) electrons. The third kappa shape index (κ3) is 3.23. The highest BCUT2D eigenvalue weighted by Crippen LogP contribution is 2.30. The highest BCUT2D eigenvalue weighted by Gasteiger charge is 2.23. The van der Waals surface area contributed by atoms with Crippen molar-refractivity contribution in [2.45, 2.75) is 33.1 Å². The lowest BCUT2D eigenvalue weighted by Crippen LogP contribution is -2.17. The highest BCUT2D eigenvalue weighted by molar-refractivity contribution is 6.34. The zero-order chi connectivity index (χ0) is 12.3. The molecular weight excluding hydrogens is 243 g/mol. The molecule has 1 unspecified atom stereocenters. The standard InChI is InChI=1S/C13H16Cl2O/c1-4-12(16)13(8(2)3)9-5-10(14)7-11(15)6-9/h5-8,13H,4H2,1-3H3. The van der Waals surface area contributed by atoms with E-state index in [0.29, 0.717) is 16.5 Å². The zero-order valence-corrected chi connectivity index (χ0v) is 11.3. The highest BCUT2D eigenvalue weighted by atomic mass is 35.5. The molecule has 0 saturated carbocycles. The fraction of sp³-hybridized carbons (Fsp3) is 0.462. The van der Waals surface area contributed by atoms with E-state index in [2.05, 4.69) is 0 Å². The van der Waals surface area contributed by atoms with Gasteiger partial charge in [-0.1, -0.05) is 44.0 Å². The second-order valence-electron chi connectivity index (χ2n) is 4.24. The summed E-state index contributed by atoms with van der Waals surface area (Å²) in [7, 11) is 0. The van der Waals surface area contributed by atoms with Crippen molar-refractivity contribution in [1.29, 1.82) is 0 Å². The molecule has 0 aliphatic carbocycles. The van der Waals surface area contributed by atoms with Crippen LogP contribution in [-0.4, -0.2) is 5.78 Å². The van der Waals surface area contributed by atoms with E-state index in [0.717, 1.165) is 5.56 Å². The first-order valence-corrected chi connectivity index (χ1v) is 6.20. The Hall–Kier alpha value is -0.530. The van der Waals surface area contributed by atoms with E-state index < -0.39 is 0 Å². The Labute approximate surface area is 107 Å². The van der Waals surface area contributed by atoms with Crippen LogP contribution >= 0.6 is 23.2 Å². The molecule has 1 aromatic carbocycles. The summed E-state index contributed by atoms with van der Waals surface area (Å²) in [5, 5.41) is 1.16. The molecule has 16 heavy (non-hydrogen) atoms. The van der Waals surface area contributed by atoms with Gasteiger partial charge in [0.2, 0.25) is 0 Å². The normalized spacial score (nSPS) is 12.9. The van der Waals surface area contributed by atoms with Crippen molar-refractivity contribution in [2.24, 2.45) is 5.92 Å². The molecule has 0 heterocycles. The maximum absolute atomic E-state index is 11.9. The van der Waals surface area contributed by atoms with E-state index >= 15 is 0 Å². The molecule has 1 atom stereocenters. The Morgan fingerprint density at radius 1 is 1.19 bits per heavy atom. The molecule has 0 fully saturated rings. The maximum atomic E-state index is 11.9. The number of Topliss-reactive ketones (excluding diaryl/α,β-unsaturated/α-hetero) is 1. The molecule has 0 amide bonds. The van der Waals surface area contributed by atoms with Crippen LogP contribution in [0.3, 0.4) is 0 Å². The Kier molecular flexibility index (Phi) is 4.82. The van der Waals surface area contributed by atoms with E-state index in [1.54, 1.807) is 6.07 Å². The largest absolute Gasteiger partial charge is 0.299 e. The van der Waals surface area contributed by atoms with Crippen LogP contribution in [0.25, 0.3) is 0 Å². The van der Waals surface area contributed by atoms with Gasteiger partial charge in [-0.2, -0.15) is 0 Å². The minimum Gasteiger partial charge on any atom is -0.299 e. The molecule has 1 nitrogen and oxygen atoms in total. The van der Waals surface area contributed by atoms with Gasteiger partial charge in [-0.3, -0.25) is 4.79 Å². The topological polar surface area (TPSA) is 17.1 Å². The van der Waals surface area contributed by atoms with Crippen LogP contribution in [0.1, 0.15) is 38.7 Å². The third-order valence-corrected chi connectivity index (χ3v) is 3.04. The molecular formula is C13H16Cl2O. The molecule has 0 spiro atoms. The Morgan fingerprint density at radius 2 is 1.69 bits per heavy atom. The average molecular weight is 259 g/mol. The van der Waals surface area contributed by atoms with Gasteiger partial charge in [0, 0.05) is 22.4 Å². The molecule has 0 N–H and O–H groups in total. The van der Waals surface area contributed by atoms with E-state index in [1.807, 2.05) is 32.9 Å². The minimum absolute atomic E-state index is 0.110. The number of rotatable bonds is 4. The molecule has 88 valence electrons. The van der Waals surface area contributed by atoms with Crippen LogP contribution in [0.5, 0.6) is 0 Å². The summed E-state index contributed by atoms with van der Waals surface area (Å²) < 4.78 is 0. The molecule has 0 aliphatic rings. The van der Waals surface area contributed by atoms with Gasteiger partial charge in [0.1, 0.15) is 5.78 Å². The monoisotopic (exact) mass is 258 g/mol. The minimum atomic E-state index is -0.110. The summed E-state index contributed by atoms with van der Waals surface area (Å²) in [6, 6.07) is 5.33. The number of carbonyl (C=O) groups is 1. The number of benzene rings is 1. The van der Waals surface area contributed by atoms with E-state index in [4.69, 9.17) is 23.2 Å². The Bertz CT molecular complexity index is 365. The lowest BCUT2D eigenvalue weighted by atomic mass is 9.84. The van der Waals surface area contributed by atoms with Gasteiger partial charge in [0.15, 0.2) is 0 Å². The van der Waals surface area contributed by atoms with Gasteiger partial charge in [0.05, 0.1) is 0 Å². The van der Waals surface area contributed by atoms with Crippen molar-refractivity contribution in [3.8, 4) is 0 Å². The number of carbonyl (C=O) groups excluding carboxylic acids is 1. The quantitative estimate of drug-likeness (QED) is 0.765. The van der Waals surface area contributed by atoms with Gasteiger partial charge in [-0.05, 0) is 29.7 Å². The molecule has 0 bridgehead atoms. The summed E-state index contributed by atoms with van der Waals surface area (Å²) in [6.07, 6.45) is 0.535. The summed E-state index contributed by atoms with van der Waals surface area (Å²) in [5.74, 6) is 0.372. The number of hydrogen-bond acceptors (Lipinski definition) is 1. The lowest BCUT2D eigenvalue weighted by molar-refractivity contribution is -0.121. The van der Waals surface area contributed by atoms with Crippen molar-refractivity contribution >= 4 is 29.0 Å². The first kappa shape index (κ1) is 13.5. The molecule has 1 aromatic rings. The third-order valence-electron chi connectivity index (χ3n) is 2.61. The summed E-state index contributed by atoms with van der Waals surface area (Å²) >= 11 is 11.9. The number of ketones is 1. The van der Waals surface area contributed by atoms with Crippen LogP contribution in [0.4, 0.5) is 0 Å². The summed E-state index contributed by atoms with van der Waals surface area (Å²) in [4.78, 5) is 11.9. The van der Waals surface area contributed by atoms with Crippen LogP contribution < -0.4 is 0 Å². The van der Waals surface area contributed by atoms with Crippen molar-refractivity contribution in [3.05, 3.63) is 33.8 Å². The van der Waals surface area contributed by atoms with Crippen molar-refractivity contribution in [2.75, 3.05) is 0 Å². The molecule has 3 heteroatoms.